The van der Waals surface area contributed by atoms with E-state index in [-0.39, 0.29) is 6.61 Å². The van der Waals surface area contributed by atoms with Gasteiger partial charge in [0.05, 0.1) is 0 Å². The summed E-state index contributed by atoms with van der Waals surface area (Å²) in [7, 11) is 0. The molecule has 1 aromatic rings. The van der Waals surface area contributed by atoms with Crippen molar-refractivity contribution in [3.8, 4) is 0 Å². The Bertz CT molecular complexity index is 421. The molecular formula is C15H27N5O. The summed E-state index contributed by atoms with van der Waals surface area (Å²) in [5.41, 5.74) is 0. The van der Waals surface area contributed by atoms with Gasteiger partial charge < -0.3 is 15.3 Å². The molecule has 2 saturated heterocycles. The molecule has 0 bridgehead atoms. The van der Waals surface area contributed by atoms with Gasteiger partial charge in [-0.25, -0.2) is 0 Å². The third-order valence-corrected chi connectivity index (χ3v) is 4.83. The molecule has 21 heavy (non-hydrogen) atoms. The summed E-state index contributed by atoms with van der Waals surface area (Å²) in [5, 5.41) is 19.8. The molecule has 0 aliphatic carbocycles. The average molecular weight is 293 g/mol. The van der Waals surface area contributed by atoms with E-state index in [9.17, 15) is 0 Å². The molecule has 0 aromatic carbocycles. The molecule has 6 nitrogen and oxygen atoms in total. The van der Waals surface area contributed by atoms with Crippen LogP contribution in [0.4, 0.5) is 5.95 Å². The minimum Gasteiger partial charge on any atom is -0.396 e. The number of aliphatic hydroxyl groups is 1. The lowest BCUT2D eigenvalue weighted by Crippen LogP contribution is -2.41. The summed E-state index contributed by atoms with van der Waals surface area (Å²) in [6.07, 6.45) is 7.83. The first kappa shape index (κ1) is 14.8. The Balaban J connectivity index is 1.47. The number of aliphatic hydroxyl groups excluding tert-OH is 1. The molecule has 0 spiro atoms. The van der Waals surface area contributed by atoms with Crippen LogP contribution in [0.2, 0.25) is 0 Å². The van der Waals surface area contributed by atoms with Crippen molar-refractivity contribution < 1.29 is 5.11 Å². The number of H-pyrrole nitrogens is 1. The predicted octanol–water partition coefficient (Wildman–Crippen LogP) is 1.09. The molecule has 6 heteroatoms. The number of nitrogens with zero attached hydrogens (tertiary/aromatic N) is 3. The van der Waals surface area contributed by atoms with Crippen LogP contribution in [0.15, 0.2) is 0 Å². The fourth-order valence-electron chi connectivity index (χ4n) is 3.56. The predicted molar refractivity (Wildman–Crippen MR) is 82.4 cm³/mol. The zero-order chi connectivity index (χ0) is 14.5. The van der Waals surface area contributed by atoms with E-state index < -0.39 is 0 Å². The van der Waals surface area contributed by atoms with Gasteiger partial charge in [0, 0.05) is 32.2 Å². The van der Waals surface area contributed by atoms with E-state index in [0.717, 1.165) is 56.1 Å². The van der Waals surface area contributed by atoms with Crippen LogP contribution in [0.25, 0.3) is 0 Å². The second-order valence-electron chi connectivity index (χ2n) is 6.29. The lowest BCUT2D eigenvalue weighted by atomic mass is 9.89. The van der Waals surface area contributed by atoms with Gasteiger partial charge in [0.15, 0.2) is 0 Å². The van der Waals surface area contributed by atoms with Crippen molar-refractivity contribution in [2.45, 2.75) is 51.0 Å². The summed E-state index contributed by atoms with van der Waals surface area (Å²) in [4.78, 5) is 6.89. The molecular weight excluding hydrogens is 266 g/mol. The zero-order valence-electron chi connectivity index (χ0n) is 12.7. The number of unbranched alkanes of at least 4 members (excludes halogenated alkanes) is 1. The summed E-state index contributed by atoms with van der Waals surface area (Å²) in [5.74, 6) is 2.62. The quantitative estimate of drug-likeness (QED) is 0.684. The first-order valence-electron chi connectivity index (χ1n) is 8.37. The molecule has 118 valence electrons. The van der Waals surface area contributed by atoms with Gasteiger partial charge in [-0.05, 0) is 51.0 Å². The highest BCUT2D eigenvalue weighted by Crippen LogP contribution is 2.27. The number of aromatic amines is 1. The maximum absolute atomic E-state index is 8.81. The number of aryl methyl sites for hydroxylation is 1. The third kappa shape index (κ3) is 3.74. The van der Waals surface area contributed by atoms with E-state index in [4.69, 9.17) is 5.11 Å². The smallest absolute Gasteiger partial charge is 0.244 e. The number of anilines is 1. The Kier molecular flexibility index (Phi) is 5.08. The number of piperidine rings is 1. The van der Waals surface area contributed by atoms with Gasteiger partial charge in [0.2, 0.25) is 5.95 Å². The fraction of sp³-hybridized carbons (Fsp3) is 0.867. The molecule has 3 rings (SSSR count). The van der Waals surface area contributed by atoms with E-state index in [1.54, 1.807) is 0 Å². The number of rotatable bonds is 6. The van der Waals surface area contributed by atoms with Gasteiger partial charge in [-0.1, -0.05) is 0 Å². The maximum Gasteiger partial charge on any atom is 0.244 e. The monoisotopic (exact) mass is 293 g/mol. The second-order valence-corrected chi connectivity index (χ2v) is 6.29. The average Bonchev–Trinajstić information content (AvgIpc) is 3.20. The highest BCUT2D eigenvalue weighted by Gasteiger charge is 2.29. The largest absolute Gasteiger partial charge is 0.396 e. The van der Waals surface area contributed by atoms with E-state index in [1.807, 2.05) is 0 Å². The molecule has 2 fully saturated rings. The highest BCUT2D eigenvalue weighted by atomic mass is 16.2. The van der Waals surface area contributed by atoms with E-state index >= 15 is 0 Å². The van der Waals surface area contributed by atoms with Crippen LogP contribution in [-0.2, 0) is 6.42 Å². The van der Waals surface area contributed by atoms with Crippen LogP contribution in [0.1, 0.15) is 44.3 Å². The van der Waals surface area contributed by atoms with Crippen molar-refractivity contribution in [3.63, 3.8) is 0 Å². The van der Waals surface area contributed by atoms with Crippen LogP contribution < -0.4 is 10.2 Å². The summed E-state index contributed by atoms with van der Waals surface area (Å²) >= 11 is 0. The third-order valence-electron chi connectivity index (χ3n) is 4.83. The SMILES string of the molecule is OCCCCc1nc(N2CCC(C3CCCN3)CC2)n[nH]1. The second kappa shape index (κ2) is 7.22. The van der Waals surface area contributed by atoms with Gasteiger partial charge in [0.1, 0.15) is 5.82 Å². The van der Waals surface area contributed by atoms with Crippen molar-refractivity contribution in [3.05, 3.63) is 5.82 Å². The first-order valence-corrected chi connectivity index (χ1v) is 8.37. The number of aromatic nitrogens is 3. The molecule has 1 unspecified atom stereocenters. The Morgan fingerprint density at radius 2 is 2.05 bits per heavy atom. The molecule has 3 N–H and O–H groups in total. The Hall–Kier alpha value is -1.14. The normalized spacial score (nSPS) is 23.9. The summed E-state index contributed by atoms with van der Waals surface area (Å²) in [6, 6.07) is 0.744. The highest BCUT2D eigenvalue weighted by molar-refractivity contribution is 5.29. The number of nitrogens with one attached hydrogen (secondary N) is 2. The van der Waals surface area contributed by atoms with Crippen molar-refractivity contribution in [1.29, 1.82) is 0 Å². The minimum atomic E-state index is 0.254. The Morgan fingerprint density at radius 3 is 2.76 bits per heavy atom. The molecule has 0 radical (unpaired) electrons. The van der Waals surface area contributed by atoms with Gasteiger partial charge >= 0.3 is 0 Å². The molecule has 1 aromatic heterocycles. The number of hydrogen-bond acceptors (Lipinski definition) is 5. The van der Waals surface area contributed by atoms with Crippen LogP contribution in [0, 0.1) is 5.92 Å². The fourth-order valence-corrected chi connectivity index (χ4v) is 3.56. The van der Waals surface area contributed by atoms with E-state index in [1.165, 1.54) is 32.2 Å². The topological polar surface area (TPSA) is 77.1 Å². The van der Waals surface area contributed by atoms with Gasteiger partial charge in [0.25, 0.3) is 0 Å². The molecule has 2 aliphatic rings. The van der Waals surface area contributed by atoms with Crippen molar-refractivity contribution in [2.24, 2.45) is 5.92 Å². The molecule has 2 aliphatic heterocycles. The van der Waals surface area contributed by atoms with Gasteiger partial charge in [-0.15, -0.1) is 5.10 Å². The maximum atomic E-state index is 8.81. The lowest BCUT2D eigenvalue weighted by Gasteiger charge is -2.34. The van der Waals surface area contributed by atoms with Crippen LogP contribution >= 0.6 is 0 Å². The summed E-state index contributed by atoms with van der Waals surface area (Å²) < 4.78 is 0. The van der Waals surface area contributed by atoms with Crippen LogP contribution in [0.5, 0.6) is 0 Å². The standard InChI is InChI=1S/C15H27N5O/c21-11-2-1-5-14-17-15(19-18-14)20-9-6-12(7-10-20)13-4-3-8-16-13/h12-13,16,21H,1-11H2,(H,17,18,19). The zero-order valence-corrected chi connectivity index (χ0v) is 12.7. The minimum absolute atomic E-state index is 0.254. The molecule has 3 heterocycles. The van der Waals surface area contributed by atoms with Gasteiger partial charge in [-0.2, -0.15) is 4.98 Å². The van der Waals surface area contributed by atoms with Crippen molar-refractivity contribution >= 4 is 5.95 Å². The Morgan fingerprint density at radius 1 is 1.19 bits per heavy atom. The number of hydrogen-bond donors (Lipinski definition) is 3. The molecule has 0 saturated carbocycles. The Labute approximate surface area is 126 Å². The van der Waals surface area contributed by atoms with Crippen molar-refractivity contribution in [1.82, 2.24) is 20.5 Å². The van der Waals surface area contributed by atoms with Crippen molar-refractivity contribution in [2.75, 3.05) is 31.1 Å². The van der Waals surface area contributed by atoms with E-state index in [2.05, 4.69) is 25.4 Å². The van der Waals surface area contributed by atoms with E-state index in [0.29, 0.717) is 0 Å². The molecule has 1 atom stereocenters. The molecule has 0 amide bonds. The lowest BCUT2D eigenvalue weighted by molar-refractivity contribution is 0.284. The van der Waals surface area contributed by atoms with Crippen LogP contribution in [-0.4, -0.2) is 52.6 Å². The van der Waals surface area contributed by atoms with Crippen LogP contribution in [0.3, 0.4) is 0 Å². The summed E-state index contributed by atoms with van der Waals surface area (Å²) in [6.45, 7) is 3.58. The first-order chi connectivity index (χ1) is 10.4. The van der Waals surface area contributed by atoms with Gasteiger partial charge in [-0.3, -0.25) is 5.10 Å².